The first kappa shape index (κ1) is 15.4. The Labute approximate surface area is 132 Å². The Morgan fingerprint density at radius 1 is 1.14 bits per heavy atom. The van der Waals surface area contributed by atoms with Crippen molar-refractivity contribution in [3.8, 4) is 5.75 Å². The summed E-state index contributed by atoms with van der Waals surface area (Å²) in [4.78, 5) is 11.1. The zero-order chi connectivity index (χ0) is 15.4. The molecule has 0 unspecified atom stereocenters. The van der Waals surface area contributed by atoms with Gasteiger partial charge in [0.05, 0.1) is 17.2 Å². The van der Waals surface area contributed by atoms with E-state index in [1.165, 1.54) is 0 Å². The largest absolute Gasteiger partial charge is 0.497 e. The standard InChI is InChI=1S/C16H12Cl2O3/c1-21-11-7-5-10(6-8-11)13(9-15(19)20)12-3-2-4-14(17)16(12)18/h2-9H,1H3,(H,19,20)/b13-9+. The van der Waals surface area contributed by atoms with Crippen molar-refractivity contribution < 1.29 is 14.6 Å². The second kappa shape index (κ2) is 6.66. The first-order valence-corrected chi connectivity index (χ1v) is 6.82. The fourth-order valence-electron chi connectivity index (χ4n) is 1.92. The zero-order valence-corrected chi connectivity index (χ0v) is 12.7. The molecule has 0 aliphatic heterocycles. The van der Waals surface area contributed by atoms with Crippen LogP contribution in [0, 0.1) is 0 Å². The molecule has 21 heavy (non-hydrogen) atoms. The molecule has 1 N–H and O–H groups in total. The molecule has 0 fully saturated rings. The van der Waals surface area contributed by atoms with E-state index < -0.39 is 5.97 Å². The van der Waals surface area contributed by atoms with Crippen LogP contribution in [0.5, 0.6) is 5.75 Å². The first-order valence-electron chi connectivity index (χ1n) is 6.06. The zero-order valence-electron chi connectivity index (χ0n) is 11.1. The second-order valence-electron chi connectivity index (χ2n) is 4.23. The van der Waals surface area contributed by atoms with E-state index in [1.807, 2.05) is 0 Å². The molecule has 0 saturated heterocycles. The number of rotatable bonds is 4. The third-order valence-electron chi connectivity index (χ3n) is 2.91. The molecule has 0 amide bonds. The highest BCUT2D eigenvalue weighted by molar-refractivity contribution is 6.43. The lowest BCUT2D eigenvalue weighted by Gasteiger charge is -2.11. The number of ether oxygens (including phenoxy) is 1. The molecule has 3 nitrogen and oxygen atoms in total. The summed E-state index contributed by atoms with van der Waals surface area (Å²) < 4.78 is 5.10. The van der Waals surface area contributed by atoms with Crippen molar-refractivity contribution >= 4 is 34.7 Å². The number of halogens is 2. The van der Waals surface area contributed by atoms with Crippen LogP contribution in [0.25, 0.3) is 5.57 Å². The maximum absolute atomic E-state index is 11.1. The maximum Gasteiger partial charge on any atom is 0.328 e. The fourth-order valence-corrected chi connectivity index (χ4v) is 2.32. The number of hydrogen-bond acceptors (Lipinski definition) is 2. The molecule has 0 aliphatic rings. The van der Waals surface area contributed by atoms with Crippen LogP contribution in [0.1, 0.15) is 11.1 Å². The van der Waals surface area contributed by atoms with Gasteiger partial charge in [-0.05, 0) is 29.3 Å². The van der Waals surface area contributed by atoms with Crippen molar-refractivity contribution in [3.63, 3.8) is 0 Å². The average Bonchev–Trinajstić information content (AvgIpc) is 2.48. The van der Waals surface area contributed by atoms with Crippen LogP contribution < -0.4 is 4.74 Å². The van der Waals surface area contributed by atoms with E-state index in [9.17, 15) is 4.79 Å². The van der Waals surface area contributed by atoms with Gasteiger partial charge in [0.15, 0.2) is 0 Å². The smallest absolute Gasteiger partial charge is 0.328 e. The van der Waals surface area contributed by atoms with Crippen molar-refractivity contribution in [1.82, 2.24) is 0 Å². The SMILES string of the molecule is COc1ccc(/C(=C\C(=O)O)c2cccc(Cl)c2Cl)cc1. The first-order chi connectivity index (χ1) is 10.0. The summed E-state index contributed by atoms with van der Waals surface area (Å²) in [5.74, 6) is -0.373. The highest BCUT2D eigenvalue weighted by Gasteiger charge is 2.13. The van der Waals surface area contributed by atoms with Crippen molar-refractivity contribution in [2.45, 2.75) is 0 Å². The van der Waals surface area contributed by atoms with Crippen LogP contribution in [-0.2, 0) is 4.79 Å². The van der Waals surface area contributed by atoms with Gasteiger partial charge in [-0.25, -0.2) is 4.79 Å². The van der Waals surface area contributed by atoms with Gasteiger partial charge in [-0.1, -0.05) is 47.5 Å². The summed E-state index contributed by atoms with van der Waals surface area (Å²) in [5, 5.41) is 9.79. The lowest BCUT2D eigenvalue weighted by molar-refractivity contribution is -0.131. The molecule has 5 heteroatoms. The number of carbonyl (C=O) groups is 1. The molecule has 0 heterocycles. The van der Waals surface area contributed by atoms with E-state index >= 15 is 0 Å². The molecule has 108 valence electrons. The molecule has 0 radical (unpaired) electrons. The summed E-state index contributed by atoms with van der Waals surface area (Å²) in [7, 11) is 1.57. The normalized spacial score (nSPS) is 11.3. The molecule has 2 rings (SSSR count). The fraction of sp³-hybridized carbons (Fsp3) is 0.0625. The Morgan fingerprint density at radius 3 is 2.38 bits per heavy atom. The van der Waals surface area contributed by atoms with Crippen LogP contribution in [0.15, 0.2) is 48.5 Å². The number of hydrogen-bond donors (Lipinski definition) is 1. The van der Waals surface area contributed by atoms with Crippen molar-refractivity contribution in [3.05, 3.63) is 69.7 Å². The molecule has 2 aromatic carbocycles. The van der Waals surface area contributed by atoms with Gasteiger partial charge in [-0.15, -0.1) is 0 Å². The molecule has 0 saturated carbocycles. The van der Waals surface area contributed by atoms with Crippen LogP contribution in [0.3, 0.4) is 0 Å². The highest BCUT2D eigenvalue weighted by atomic mass is 35.5. The minimum atomic E-state index is -1.06. The summed E-state index contributed by atoms with van der Waals surface area (Å²) >= 11 is 12.2. The summed E-state index contributed by atoms with van der Waals surface area (Å²) in [6.45, 7) is 0. The number of aliphatic carboxylic acids is 1. The van der Waals surface area contributed by atoms with Gasteiger partial charge in [0, 0.05) is 11.6 Å². The molecular formula is C16H12Cl2O3. The van der Waals surface area contributed by atoms with Crippen LogP contribution in [-0.4, -0.2) is 18.2 Å². The van der Waals surface area contributed by atoms with Crippen molar-refractivity contribution in [2.75, 3.05) is 7.11 Å². The van der Waals surface area contributed by atoms with E-state index in [4.69, 9.17) is 33.0 Å². The Balaban J connectivity index is 2.58. The number of carboxylic acids is 1. The minimum Gasteiger partial charge on any atom is -0.497 e. The maximum atomic E-state index is 11.1. The molecule has 0 spiro atoms. The Bertz CT molecular complexity index is 691. The van der Waals surface area contributed by atoms with Gasteiger partial charge in [-0.2, -0.15) is 0 Å². The van der Waals surface area contributed by atoms with Gasteiger partial charge in [0.2, 0.25) is 0 Å². The Hall–Kier alpha value is -1.97. The second-order valence-corrected chi connectivity index (χ2v) is 5.01. The van der Waals surface area contributed by atoms with Gasteiger partial charge >= 0.3 is 5.97 Å². The summed E-state index contributed by atoms with van der Waals surface area (Å²) in [6.07, 6.45) is 1.11. The predicted octanol–water partition coefficient (Wildman–Crippen LogP) is 4.52. The van der Waals surface area contributed by atoms with Gasteiger partial charge in [0.1, 0.15) is 5.75 Å². The van der Waals surface area contributed by atoms with Gasteiger partial charge in [0.25, 0.3) is 0 Å². The number of methoxy groups -OCH3 is 1. The predicted molar refractivity (Wildman–Crippen MR) is 84.2 cm³/mol. The average molecular weight is 323 g/mol. The summed E-state index contributed by atoms with van der Waals surface area (Å²) in [6, 6.07) is 12.2. The summed E-state index contributed by atoms with van der Waals surface area (Å²) in [5.41, 5.74) is 1.76. The molecule has 2 aromatic rings. The molecule has 0 bridgehead atoms. The van der Waals surface area contributed by atoms with Crippen molar-refractivity contribution in [1.29, 1.82) is 0 Å². The third kappa shape index (κ3) is 3.57. The molecule has 0 aromatic heterocycles. The van der Waals surface area contributed by atoms with E-state index in [0.29, 0.717) is 32.5 Å². The quantitative estimate of drug-likeness (QED) is 0.842. The highest BCUT2D eigenvalue weighted by Crippen LogP contribution is 2.34. The Morgan fingerprint density at radius 2 is 1.81 bits per heavy atom. The number of benzene rings is 2. The minimum absolute atomic E-state index is 0.322. The number of carboxylic acid groups (broad SMARTS) is 1. The third-order valence-corrected chi connectivity index (χ3v) is 3.73. The van der Waals surface area contributed by atoms with Crippen LogP contribution in [0.2, 0.25) is 10.0 Å². The lowest BCUT2D eigenvalue weighted by Crippen LogP contribution is -1.96. The van der Waals surface area contributed by atoms with Gasteiger partial charge in [-0.3, -0.25) is 0 Å². The topological polar surface area (TPSA) is 46.5 Å². The van der Waals surface area contributed by atoms with E-state index in [1.54, 1.807) is 49.6 Å². The molecule has 0 aliphatic carbocycles. The lowest BCUT2D eigenvalue weighted by atomic mass is 9.97. The molecular weight excluding hydrogens is 311 g/mol. The van der Waals surface area contributed by atoms with Gasteiger partial charge < -0.3 is 9.84 Å². The van der Waals surface area contributed by atoms with E-state index in [2.05, 4.69) is 0 Å². The Kier molecular flexibility index (Phi) is 4.89. The van der Waals surface area contributed by atoms with Crippen LogP contribution >= 0.6 is 23.2 Å². The molecule has 0 atom stereocenters. The monoisotopic (exact) mass is 322 g/mol. The van der Waals surface area contributed by atoms with Crippen LogP contribution in [0.4, 0.5) is 0 Å². The van der Waals surface area contributed by atoms with Crippen molar-refractivity contribution in [2.24, 2.45) is 0 Å². The van der Waals surface area contributed by atoms with E-state index in [0.717, 1.165) is 6.08 Å². The van der Waals surface area contributed by atoms with E-state index in [-0.39, 0.29) is 0 Å².